The van der Waals surface area contributed by atoms with E-state index in [1.54, 1.807) is 6.92 Å². The Morgan fingerprint density at radius 1 is 0.889 bits per heavy atom. The van der Waals surface area contributed by atoms with Crippen LogP contribution in [0.25, 0.3) is 0 Å². The summed E-state index contributed by atoms with van der Waals surface area (Å²) in [4.78, 5) is 65.5. The lowest BCUT2D eigenvalue weighted by Crippen LogP contribution is -2.16. The van der Waals surface area contributed by atoms with Crippen LogP contribution in [0.4, 0.5) is 0 Å². The van der Waals surface area contributed by atoms with Crippen molar-refractivity contribution < 1.29 is 47.8 Å². The van der Waals surface area contributed by atoms with E-state index in [0.717, 1.165) is 6.26 Å². The molecule has 13 nitrogen and oxygen atoms in total. The monoisotopic (exact) mass is 501 g/mol. The van der Waals surface area contributed by atoms with E-state index in [0.29, 0.717) is 5.69 Å². The van der Waals surface area contributed by atoms with Crippen LogP contribution in [0.1, 0.15) is 73.6 Å². The van der Waals surface area contributed by atoms with Gasteiger partial charge in [-0.2, -0.15) is 9.59 Å². The SMILES string of the molecule is COC(=O)c1coc(C(CO)CC(=O)c2cccc(C(=O)CC(CO)c3nc(C)co3)n2)n1.O=C=O. The maximum atomic E-state index is 12.8. The third kappa shape index (κ3) is 7.34. The first-order valence-electron chi connectivity index (χ1n) is 10.5. The van der Waals surface area contributed by atoms with Gasteiger partial charge >= 0.3 is 12.1 Å². The first-order chi connectivity index (χ1) is 17.3. The number of pyridine rings is 1. The number of esters is 1. The number of carbonyl (C=O) groups excluding carboxylic acids is 5. The van der Waals surface area contributed by atoms with Gasteiger partial charge in [-0.1, -0.05) is 6.07 Å². The van der Waals surface area contributed by atoms with Crippen molar-refractivity contribution in [2.45, 2.75) is 31.6 Å². The number of aliphatic hydroxyl groups excluding tert-OH is 2. The first kappa shape index (κ1) is 27.9. The van der Waals surface area contributed by atoms with E-state index in [-0.39, 0.29) is 54.5 Å². The van der Waals surface area contributed by atoms with Gasteiger partial charge < -0.3 is 23.8 Å². The number of ether oxygens (including phenoxy) is 1. The van der Waals surface area contributed by atoms with Crippen molar-refractivity contribution in [3.8, 4) is 0 Å². The Bertz CT molecular complexity index is 1230. The predicted octanol–water partition coefficient (Wildman–Crippen LogP) is 1.27. The van der Waals surface area contributed by atoms with Crippen LogP contribution in [0.3, 0.4) is 0 Å². The number of aryl methyl sites for hydroxylation is 1. The molecule has 0 radical (unpaired) electrons. The fourth-order valence-corrected chi connectivity index (χ4v) is 3.10. The van der Waals surface area contributed by atoms with Crippen molar-refractivity contribution in [3.05, 3.63) is 65.3 Å². The molecule has 2 unspecified atom stereocenters. The van der Waals surface area contributed by atoms with Crippen molar-refractivity contribution in [2.24, 2.45) is 0 Å². The van der Waals surface area contributed by atoms with Gasteiger partial charge in [-0.05, 0) is 19.1 Å². The Morgan fingerprint density at radius 3 is 1.83 bits per heavy atom. The zero-order valence-corrected chi connectivity index (χ0v) is 19.4. The summed E-state index contributed by atoms with van der Waals surface area (Å²) in [6.07, 6.45) is 2.45. The summed E-state index contributed by atoms with van der Waals surface area (Å²) < 4.78 is 15.0. The van der Waals surface area contributed by atoms with E-state index in [9.17, 15) is 24.6 Å². The van der Waals surface area contributed by atoms with Crippen molar-refractivity contribution in [3.63, 3.8) is 0 Å². The molecule has 3 rings (SSSR count). The van der Waals surface area contributed by atoms with E-state index in [1.807, 2.05) is 0 Å². The zero-order valence-electron chi connectivity index (χ0n) is 19.4. The number of methoxy groups -OCH3 is 1. The molecule has 190 valence electrons. The average molecular weight is 501 g/mol. The number of aromatic nitrogens is 3. The van der Waals surface area contributed by atoms with Crippen LogP contribution < -0.4 is 0 Å². The highest BCUT2D eigenvalue weighted by molar-refractivity contribution is 5.98. The Kier molecular flexibility index (Phi) is 10.5. The Labute approximate surface area is 204 Å². The molecule has 0 saturated heterocycles. The van der Waals surface area contributed by atoms with E-state index in [1.165, 1.54) is 31.6 Å². The molecule has 3 heterocycles. The molecule has 0 fully saturated rings. The minimum Gasteiger partial charge on any atom is -0.464 e. The topological polar surface area (TPSA) is 200 Å². The van der Waals surface area contributed by atoms with Crippen molar-refractivity contribution in [1.29, 1.82) is 0 Å². The van der Waals surface area contributed by atoms with Gasteiger partial charge in [0.1, 0.15) is 23.9 Å². The summed E-state index contributed by atoms with van der Waals surface area (Å²) in [5, 5.41) is 19.3. The van der Waals surface area contributed by atoms with Gasteiger partial charge in [-0.3, -0.25) is 9.59 Å². The number of hydrogen-bond donors (Lipinski definition) is 2. The summed E-state index contributed by atoms with van der Waals surface area (Å²) in [6, 6.07) is 4.43. The van der Waals surface area contributed by atoms with Gasteiger partial charge in [0, 0.05) is 12.8 Å². The van der Waals surface area contributed by atoms with E-state index in [4.69, 9.17) is 18.4 Å². The van der Waals surface area contributed by atoms with Crippen LogP contribution in [0, 0.1) is 6.92 Å². The highest BCUT2D eigenvalue weighted by Crippen LogP contribution is 2.23. The van der Waals surface area contributed by atoms with Crippen molar-refractivity contribution >= 4 is 23.7 Å². The number of oxazole rings is 2. The number of rotatable bonds is 11. The zero-order chi connectivity index (χ0) is 26.7. The average Bonchev–Trinajstić information content (AvgIpc) is 3.55. The molecular weight excluding hydrogens is 478 g/mol. The second-order valence-corrected chi connectivity index (χ2v) is 7.39. The summed E-state index contributed by atoms with van der Waals surface area (Å²) in [6.45, 7) is 0.930. The van der Waals surface area contributed by atoms with E-state index >= 15 is 0 Å². The third-order valence-corrected chi connectivity index (χ3v) is 4.88. The molecule has 0 aromatic carbocycles. The quantitative estimate of drug-likeness (QED) is 0.281. The summed E-state index contributed by atoms with van der Waals surface area (Å²) in [7, 11) is 1.19. The fraction of sp³-hybridized carbons (Fsp3) is 0.348. The minimum atomic E-state index is -0.816. The lowest BCUT2D eigenvalue weighted by molar-refractivity contribution is -0.191. The molecule has 0 bridgehead atoms. The van der Waals surface area contributed by atoms with E-state index < -0.39 is 36.0 Å². The first-order valence-corrected chi connectivity index (χ1v) is 10.5. The summed E-state index contributed by atoms with van der Waals surface area (Å²) >= 11 is 0. The third-order valence-electron chi connectivity index (χ3n) is 4.88. The molecule has 2 atom stereocenters. The highest BCUT2D eigenvalue weighted by atomic mass is 16.5. The number of hydrogen-bond acceptors (Lipinski definition) is 13. The number of Topliss-reactive ketones (excluding diaryl/α,β-unsaturated/α-hetero) is 2. The molecule has 0 saturated carbocycles. The maximum Gasteiger partial charge on any atom is 0.373 e. The molecule has 0 amide bonds. The molecule has 0 aliphatic heterocycles. The molecule has 3 aromatic heterocycles. The van der Waals surface area contributed by atoms with Crippen LogP contribution in [-0.4, -0.2) is 69.2 Å². The molecule has 2 N–H and O–H groups in total. The predicted molar refractivity (Wildman–Crippen MR) is 116 cm³/mol. The summed E-state index contributed by atoms with van der Waals surface area (Å²) in [5.74, 6) is -2.76. The van der Waals surface area contributed by atoms with Crippen LogP contribution in [-0.2, 0) is 14.3 Å². The standard InChI is InChI=1S/C22H23N3O8.CO2/c1-12-10-32-20(23-12)13(8-26)6-18(28)15-4-3-5-16(24-15)19(29)7-14(9-27)21-25-17(11-33-21)22(30)31-2;2-1-3/h3-5,10-11,13-14,26-27H,6-9H2,1-2H3;. The normalized spacial score (nSPS) is 12.0. The highest BCUT2D eigenvalue weighted by Gasteiger charge is 2.25. The van der Waals surface area contributed by atoms with Crippen LogP contribution in [0.5, 0.6) is 0 Å². The fourth-order valence-electron chi connectivity index (χ4n) is 3.10. The van der Waals surface area contributed by atoms with Gasteiger partial charge in [0.15, 0.2) is 23.2 Å². The Morgan fingerprint density at radius 2 is 1.39 bits per heavy atom. The van der Waals surface area contributed by atoms with Crippen LogP contribution >= 0.6 is 0 Å². The second-order valence-electron chi connectivity index (χ2n) is 7.39. The number of ketones is 2. The smallest absolute Gasteiger partial charge is 0.373 e. The molecule has 0 aliphatic carbocycles. The Hall–Kier alpha value is -4.32. The lowest BCUT2D eigenvalue weighted by atomic mass is 9.99. The number of nitrogens with zero attached hydrogens (tertiary/aromatic N) is 3. The molecule has 3 aromatic rings. The van der Waals surface area contributed by atoms with Gasteiger partial charge in [0.25, 0.3) is 0 Å². The lowest BCUT2D eigenvalue weighted by Gasteiger charge is -2.11. The van der Waals surface area contributed by atoms with Gasteiger partial charge in [0.05, 0.1) is 37.9 Å². The molecular formula is C23H23N3O10. The van der Waals surface area contributed by atoms with E-state index in [2.05, 4.69) is 19.7 Å². The molecule has 13 heteroatoms. The maximum absolute atomic E-state index is 12.8. The van der Waals surface area contributed by atoms with Crippen LogP contribution in [0.2, 0.25) is 0 Å². The van der Waals surface area contributed by atoms with Crippen molar-refractivity contribution in [1.82, 2.24) is 15.0 Å². The molecule has 36 heavy (non-hydrogen) atoms. The number of carbonyl (C=O) groups is 3. The molecule has 0 spiro atoms. The Balaban J connectivity index is 0.00000145. The number of aliphatic hydroxyl groups is 2. The molecule has 0 aliphatic rings. The van der Waals surface area contributed by atoms with Crippen LogP contribution in [0.15, 0.2) is 39.6 Å². The second kappa shape index (κ2) is 13.5. The van der Waals surface area contributed by atoms with Gasteiger partial charge in [-0.15, -0.1) is 0 Å². The minimum absolute atomic E-state index is 0.00510. The summed E-state index contributed by atoms with van der Waals surface area (Å²) in [5.41, 5.74) is 0.618. The largest absolute Gasteiger partial charge is 0.464 e. The van der Waals surface area contributed by atoms with Crippen molar-refractivity contribution in [2.75, 3.05) is 20.3 Å². The van der Waals surface area contributed by atoms with Gasteiger partial charge in [-0.25, -0.2) is 19.7 Å². The van der Waals surface area contributed by atoms with Gasteiger partial charge in [0.2, 0.25) is 5.89 Å².